The zero-order chi connectivity index (χ0) is 43.7. The van der Waals surface area contributed by atoms with Crippen LogP contribution in [0, 0.1) is 5.92 Å². The third kappa shape index (κ3) is 11.8. The molecule has 3 fully saturated rings. The van der Waals surface area contributed by atoms with Gasteiger partial charge in [0.15, 0.2) is 5.78 Å². The number of hydrogen-bond donors (Lipinski definition) is 6. The van der Waals surface area contributed by atoms with Crippen molar-refractivity contribution in [1.29, 1.82) is 0 Å². The van der Waals surface area contributed by atoms with Crippen molar-refractivity contribution in [3.8, 4) is 0 Å². The first-order valence-corrected chi connectivity index (χ1v) is 21.6. The fourth-order valence-corrected chi connectivity index (χ4v) is 9.01. The molecule has 0 bridgehead atoms. The van der Waals surface area contributed by atoms with Crippen molar-refractivity contribution in [3.63, 3.8) is 0 Å². The summed E-state index contributed by atoms with van der Waals surface area (Å²) in [4.78, 5) is 101. The number of nitrogens with zero attached hydrogens (tertiary/aromatic N) is 3. The standard InChI is InChI=1S/C43H58N8O8S/c1-25(2)20-30(39(55)48-29(42(58)59)16-10-18-44)46-34(52)23-45-38-32-17-11-19-50(32)36(40(56)49-43(3,4)5)31(47-38)24-60-33-22-35(53)51(41(33)57)28-15-9-14-27(21-28)37(54)26-12-7-6-8-13-26/h6-9,12-15,21,25,29-33,36H,10-11,16-20,22-24,44H2,1-5H3,(H,45,47)(H,46,52)(H,48,55)(H,49,56)(H,58,59)/t29-,30+,31+,32-,33?,36+/m1/s1. The monoisotopic (exact) mass is 846 g/mol. The number of amides is 5. The van der Waals surface area contributed by atoms with Crippen molar-refractivity contribution in [2.45, 2.75) is 114 Å². The fourth-order valence-electron chi connectivity index (χ4n) is 7.79. The summed E-state index contributed by atoms with van der Waals surface area (Å²) in [6, 6.07) is 11.6. The Bertz CT molecular complexity index is 1950. The minimum Gasteiger partial charge on any atom is -0.480 e. The van der Waals surface area contributed by atoms with Gasteiger partial charge in [-0.25, -0.2) is 9.69 Å². The van der Waals surface area contributed by atoms with E-state index in [1.54, 1.807) is 48.5 Å². The molecule has 2 aromatic rings. The number of piperazine rings is 1. The normalized spacial score (nSPS) is 22.2. The van der Waals surface area contributed by atoms with E-state index < -0.39 is 64.6 Å². The molecule has 324 valence electrons. The average Bonchev–Trinajstić information content (AvgIpc) is 3.79. The number of carboxylic acids is 1. The van der Waals surface area contributed by atoms with Gasteiger partial charge in [0.25, 0.3) is 0 Å². The lowest BCUT2D eigenvalue weighted by atomic mass is 9.98. The summed E-state index contributed by atoms with van der Waals surface area (Å²) < 4.78 is 0. The molecule has 0 spiro atoms. The maximum Gasteiger partial charge on any atom is 0.326 e. The number of nitrogens with two attached hydrogens (primary N) is 1. The van der Waals surface area contributed by atoms with Crippen LogP contribution in [0.4, 0.5) is 5.69 Å². The molecule has 6 atom stereocenters. The highest BCUT2D eigenvalue weighted by molar-refractivity contribution is 8.00. The van der Waals surface area contributed by atoms with E-state index in [9.17, 15) is 38.7 Å². The van der Waals surface area contributed by atoms with Crippen LogP contribution in [0.2, 0.25) is 0 Å². The van der Waals surface area contributed by atoms with Crippen LogP contribution in [0.5, 0.6) is 0 Å². The summed E-state index contributed by atoms with van der Waals surface area (Å²) in [7, 11) is 0. The van der Waals surface area contributed by atoms with E-state index in [2.05, 4.69) is 31.2 Å². The number of imide groups is 1. The minimum atomic E-state index is -1.19. The summed E-state index contributed by atoms with van der Waals surface area (Å²) in [5, 5.41) is 20.7. The maximum atomic E-state index is 14.0. The topological polar surface area (TPSA) is 233 Å². The SMILES string of the molecule is CC(C)C[C@H](NC(=O)CN=C1N[C@@H](CSC2CC(=O)N(c3cccc(C(=O)c4ccccc4)c3)C2=O)[C@@H](C(=O)NC(C)(C)C)N2CCC[C@H]12)C(=O)N[C@H](CCCN)C(=O)O. The number of carboxylic acid groups (broad SMARTS) is 1. The third-order valence-electron chi connectivity index (χ3n) is 10.5. The molecule has 7 N–H and O–H groups in total. The summed E-state index contributed by atoms with van der Waals surface area (Å²) in [6.45, 7) is 10.00. The smallest absolute Gasteiger partial charge is 0.326 e. The molecule has 17 heteroatoms. The van der Waals surface area contributed by atoms with Crippen LogP contribution in [-0.2, 0) is 28.8 Å². The van der Waals surface area contributed by atoms with E-state index in [-0.39, 0.29) is 61.8 Å². The first kappa shape index (κ1) is 45.9. The van der Waals surface area contributed by atoms with Gasteiger partial charge in [-0.15, -0.1) is 11.8 Å². The maximum absolute atomic E-state index is 14.0. The van der Waals surface area contributed by atoms with Gasteiger partial charge in [-0.2, -0.15) is 0 Å². The van der Waals surface area contributed by atoms with Gasteiger partial charge < -0.3 is 32.1 Å². The molecule has 3 aliphatic rings. The number of carbonyl (C=O) groups excluding carboxylic acids is 6. The highest BCUT2D eigenvalue weighted by atomic mass is 32.2. The fraction of sp³-hybridized carbons (Fsp3) is 0.535. The molecule has 0 radical (unpaired) electrons. The number of carbonyl (C=O) groups is 7. The number of aliphatic carboxylic acids is 1. The summed E-state index contributed by atoms with van der Waals surface area (Å²) in [5.41, 5.74) is 6.15. The molecule has 1 unspecified atom stereocenters. The Morgan fingerprint density at radius 1 is 1.00 bits per heavy atom. The molecule has 2 aromatic carbocycles. The molecule has 5 amide bonds. The second-order valence-corrected chi connectivity index (χ2v) is 18.2. The number of fused-ring (bicyclic) bond motifs is 1. The van der Waals surface area contributed by atoms with Crippen LogP contribution in [0.3, 0.4) is 0 Å². The lowest BCUT2D eigenvalue weighted by molar-refractivity contribution is -0.142. The predicted octanol–water partition coefficient (Wildman–Crippen LogP) is 2.24. The van der Waals surface area contributed by atoms with Crippen LogP contribution in [0.15, 0.2) is 59.6 Å². The van der Waals surface area contributed by atoms with Gasteiger partial charge in [0, 0.05) is 28.8 Å². The number of anilines is 1. The van der Waals surface area contributed by atoms with Gasteiger partial charge in [0.05, 0.1) is 23.0 Å². The number of thioether (sulfide) groups is 1. The van der Waals surface area contributed by atoms with Gasteiger partial charge in [-0.3, -0.25) is 38.7 Å². The first-order valence-electron chi connectivity index (χ1n) is 20.6. The zero-order valence-electron chi connectivity index (χ0n) is 34.9. The van der Waals surface area contributed by atoms with Crippen molar-refractivity contribution in [2.75, 3.05) is 30.3 Å². The Morgan fingerprint density at radius 2 is 1.72 bits per heavy atom. The molecule has 0 aromatic heterocycles. The third-order valence-corrected chi connectivity index (χ3v) is 11.8. The number of ketones is 1. The second kappa shape index (κ2) is 20.4. The van der Waals surface area contributed by atoms with Gasteiger partial charge in [-0.1, -0.05) is 56.3 Å². The molecule has 3 heterocycles. The number of nitrogens with one attached hydrogen (secondary N) is 4. The Hall–Kier alpha value is -5.13. The van der Waals surface area contributed by atoms with Crippen molar-refractivity contribution < 1.29 is 38.7 Å². The quantitative estimate of drug-likeness (QED) is 0.0938. The minimum absolute atomic E-state index is 0.00399. The van der Waals surface area contributed by atoms with E-state index in [0.717, 1.165) is 11.3 Å². The second-order valence-electron chi connectivity index (χ2n) is 17.0. The van der Waals surface area contributed by atoms with E-state index in [1.807, 2.05) is 40.7 Å². The van der Waals surface area contributed by atoms with E-state index in [0.29, 0.717) is 42.0 Å². The zero-order valence-corrected chi connectivity index (χ0v) is 35.8. The lowest BCUT2D eigenvalue weighted by Crippen LogP contribution is -2.69. The molecule has 0 saturated carbocycles. The summed E-state index contributed by atoms with van der Waals surface area (Å²) in [6.07, 6.45) is 2.22. The Morgan fingerprint density at radius 3 is 2.38 bits per heavy atom. The van der Waals surface area contributed by atoms with Crippen molar-refractivity contribution >= 4 is 64.6 Å². The molecule has 3 saturated heterocycles. The van der Waals surface area contributed by atoms with Gasteiger partial charge >= 0.3 is 5.97 Å². The molecule has 5 rings (SSSR count). The van der Waals surface area contributed by atoms with Crippen LogP contribution >= 0.6 is 11.8 Å². The van der Waals surface area contributed by atoms with Gasteiger partial charge in [0.1, 0.15) is 30.5 Å². The number of rotatable bonds is 18. The van der Waals surface area contributed by atoms with Gasteiger partial charge in [-0.05, 0) is 84.0 Å². The summed E-state index contributed by atoms with van der Waals surface area (Å²) in [5.74, 6) is -2.83. The number of hydrogen-bond acceptors (Lipinski definition) is 11. The largest absolute Gasteiger partial charge is 0.480 e. The van der Waals surface area contributed by atoms with Crippen LogP contribution in [-0.4, -0.2) is 124 Å². The number of amidine groups is 1. The average molecular weight is 847 g/mol. The highest BCUT2D eigenvalue weighted by Gasteiger charge is 2.48. The number of aliphatic imine (C=N–C) groups is 1. The predicted molar refractivity (Wildman–Crippen MR) is 230 cm³/mol. The summed E-state index contributed by atoms with van der Waals surface area (Å²) >= 11 is 1.26. The van der Waals surface area contributed by atoms with Crippen molar-refractivity contribution in [3.05, 3.63) is 65.7 Å². The molecule has 3 aliphatic heterocycles. The molecule has 0 aliphatic carbocycles. The van der Waals surface area contributed by atoms with E-state index in [1.165, 1.54) is 11.8 Å². The molecule has 16 nitrogen and oxygen atoms in total. The van der Waals surface area contributed by atoms with Crippen LogP contribution in [0.25, 0.3) is 0 Å². The van der Waals surface area contributed by atoms with Crippen molar-refractivity contribution in [2.24, 2.45) is 16.6 Å². The lowest BCUT2D eigenvalue weighted by Gasteiger charge is -2.44. The molecule has 60 heavy (non-hydrogen) atoms. The van der Waals surface area contributed by atoms with Crippen molar-refractivity contribution in [1.82, 2.24) is 26.2 Å². The first-order chi connectivity index (χ1) is 28.5. The van der Waals surface area contributed by atoms with Crippen LogP contribution in [0.1, 0.15) is 89.1 Å². The highest BCUT2D eigenvalue weighted by Crippen LogP contribution is 2.34. The Labute approximate surface area is 355 Å². The van der Waals surface area contributed by atoms with E-state index in [4.69, 9.17) is 5.73 Å². The molecular formula is C43H58N8O8S. The molecular weight excluding hydrogens is 789 g/mol. The number of benzene rings is 2. The van der Waals surface area contributed by atoms with Gasteiger partial charge in [0.2, 0.25) is 29.5 Å². The Kier molecular flexibility index (Phi) is 15.6. The Balaban J connectivity index is 1.32. The van der Waals surface area contributed by atoms with E-state index >= 15 is 0 Å². The van der Waals surface area contributed by atoms with Crippen LogP contribution < -0.4 is 31.9 Å².